The Morgan fingerprint density at radius 1 is 1.15 bits per heavy atom. The fourth-order valence-electron chi connectivity index (χ4n) is 3.72. The van der Waals surface area contributed by atoms with Gasteiger partial charge in [0.05, 0.1) is 26.4 Å². The highest BCUT2D eigenvalue weighted by molar-refractivity contribution is 7.98. The highest BCUT2D eigenvalue weighted by Crippen LogP contribution is 2.41. The summed E-state index contributed by atoms with van der Waals surface area (Å²) in [5.41, 5.74) is 3.05. The summed E-state index contributed by atoms with van der Waals surface area (Å²) in [5, 5.41) is 8.57. The molecule has 0 unspecified atom stereocenters. The normalized spacial score (nSPS) is 15.0. The minimum absolute atomic E-state index is 0.268. The van der Waals surface area contributed by atoms with Crippen molar-refractivity contribution in [2.75, 3.05) is 26.1 Å². The zero-order valence-electron chi connectivity index (χ0n) is 19.0. The topological polar surface area (TPSA) is 87.5 Å². The quantitative estimate of drug-likeness (QED) is 0.385. The Morgan fingerprint density at radius 3 is 2.64 bits per heavy atom. The molecular formula is C24H26N4O4S. The predicted octanol–water partition coefficient (Wildman–Crippen LogP) is 4.44. The molecule has 3 aromatic rings. The molecule has 1 atom stereocenters. The van der Waals surface area contributed by atoms with E-state index in [1.807, 2.05) is 37.3 Å². The van der Waals surface area contributed by atoms with Gasteiger partial charge in [0.25, 0.3) is 0 Å². The fourth-order valence-corrected chi connectivity index (χ4v) is 4.50. The van der Waals surface area contributed by atoms with E-state index in [2.05, 4.69) is 22.4 Å². The Hall–Kier alpha value is -3.46. The molecule has 0 radical (unpaired) electrons. The SMILES string of the molecule is CCOC(=O)C1=C(C)Nc2nc(SCc3ccccc3)nn2[C@H]1c1ccc(OC)cc1OC. The van der Waals surface area contributed by atoms with Gasteiger partial charge in [0.1, 0.15) is 17.5 Å². The van der Waals surface area contributed by atoms with Crippen molar-refractivity contribution < 1.29 is 19.0 Å². The molecule has 2 aromatic carbocycles. The monoisotopic (exact) mass is 466 g/mol. The minimum atomic E-state index is -0.570. The number of ether oxygens (including phenoxy) is 3. The zero-order valence-corrected chi connectivity index (χ0v) is 19.8. The van der Waals surface area contributed by atoms with Gasteiger partial charge in [-0.05, 0) is 31.5 Å². The van der Waals surface area contributed by atoms with Crippen LogP contribution in [0.5, 0.6) is 11.5 Å². The van der Waals surface area contributed by atoms with Crippen LogP contribution in [0.4, 0.5) is 5.95 Å². The molecule has 1 N–H and O–H groups in total. The lowest BCUT2D eigenvalue weighted by Crippen LogP contribution is -2.30. The maximum Gasteiger partial charge on any atom is 0.338 e. The lowest BCUT2D eigenvalue weighted by molar-refractivity contribution is -0.139. The van der Waals surface area contributed by atoms with E-state index in [1.165, 1.54) is 17.3 Å². The summed E-state index contributed by atoms with van der Waals surface area (Å²) in [6.07, 6.45) is 0. The highest BCUT2D eigenvalue weighted by Gasteiger charge is 2.36. The van der Waals surface area contributed by atoms with Crippen LogP contribution >= 0.6 is 11.8 Å². The molecule has 0 bridgehead atoms. The van der Waals surface area contributed by atoms with Gasteiger partial charge < -0.3 is 19.5 Å². The molecule has 9 heteroatoms. The van der Waals surface area contributed by atoms with E-state index in [0.717, 1.165) is 11.3 Å². The van der Waals surface area contributed by atoms with Gasteiger partial charge in [-0.25, -0.2) is 9.48 Å². The third-order valence-corrected chi connectivity index (χ3v) is 6.18. The molecule has 0 aliphatic carbocycles. The van der Waals surface area contributed by atoms with Gasteiger partial charge in [-0.1, -0.05) is 42.1 Å². The summed E-state index contributed by atoms with van der Waals surface area (Å²) < 4.78 is 18.1. The molecule has 0 amide bonds. The van der Waals surface area contributed by atoms with Crippen LogP contribution in [0.3, 0.4) is 0 Å². The number of nitrogens with one attached hydrogen (secondary N) is 1. The van der Waals surface area contributed by atoms with Gasteiger partial charge in [0, 0.05) is 23.1 Å². The van der Waals surface area contributed by atoms with Crippen LogP contribution in [0.2, 0.25) is 0 Å². The molecule has 33 heavy (non-hydrogen) atoms. The third kappa shape index (κ3) is 4.68. The first-order valence-corrected chi connectivity index (χ1v) is 11.5. The molecule has 0 saturated carbocycles. The first-order valence-electron chi connectivity index (χ1n) is 10.6. The average Bonchev–Trinajstić information content (AvgIpc) is 3.24. The molecule has 0 fully saturated rings. The Morgan fingerprint density at radius 2 is 1.94 bits per heavy atom. The Labute approximate surface area is 197 Å². The number of anilines is 1. The maximum absolute atomic E-state index is 13.0. The van der Waals surface area contributed by atoms with E-state index in [4.69, 9.17) is 19.3 Å². The van der Waals surface area contributed by atoms with Crippen molar-refractivity contribution in [2.45, 2.75) is 30.8 Å². The first kappa shape index (κ1) is 22.7. The number of carbonyl (C=O) groups excluding carboxylic acids is 1. The largest absolute Gasteiger partial charge is 0.497 e. The van der Waals surface area contributed by atoms with Gasteiger partial charge in [-0.3, -0.25) is 0 Å². The van der Waals surface area contributed by atoms with Gasteiger partial charge in [0.15, 0.2) is 0 Å². The summed E-state index contributed by atoms with van der Waals surface area (Å²) in [6, 6.07) is 15.1. The molecule has 2 heterocycles. The third-order valence-electron chi connectivity index (χ3n) is 5.27. The number of hydrogen-bond acceptors (Lipinski definition) is 8. The van der Waals surface area contributed by atoms with Crippen LogP contribution in [0.1, 0.15) is 31.0 Å². The summed E-state index contributed by atoms with van der Waals surface area (Å²) in [7, 11) is 3.18. The number of esters is 1. The van der Waals surface area contributed by atoms with Gasteiger partial charge in [-0.2, -0.15) is 4.98 Å². The van der Waals surface area contributed by atoms with Crippen molar-refractivity contribution in [3.63, 3.8) is 0 Å². The Kier molecular flexibility index (Phi) is 6.88. The van der Waals surface area contributed by atoms with Gasteiger partial charge >= 0.3 is 5.97 Å². The van der Waals surface area contributed by atoms with Gasteiger partial charge in [-0.15, -0.1) is 5.10 Å². The van der Waals surface area contributed by atoms with Crippen LogP contribution in [-0.2, 0) is 15.3 Å². The summed E-state index contributed by atoms with van der Waals surface area (Å²) in [6.45, 7) is 3.89. The fraction of sp³-hybridized carbons (Fsp3) is 0.292. The summed E-state index contributed by atoms with van der Waals surface area (Å²) in [5.74, 6) is 2.11. The van der Waals surface area contributed by atoms with Crippen molar-refractivity contribution in [1.29, 1.82) is 0 Å². The predicted molar refractivity (Wildman–Crippen MR) is 127 cm³/mol. The number of allylic oxidation sites excluding steroid dienone is 1. The summed E-state index contributed by atoms with van der Waals surface area (Å²) >= 11 is 1.53. The first-order chi connectivity index (χ1) is 16.0. The number of methoxy groups -OCH3 is 2. The second kappa shape index (κ2) is 9.99. The van der Waals surface area contributed by atoms with E-state index < -0.39 is 12.0 Å². The molecule has 1 aromatic heterocycles. The second-order valence-corrected chi connectivity index (χ2v) is 8.27. The molecule has 1 aliphatic heterocycles. The molecule has 1 aliphatic rings. The molecule has 0 spiro atoms. The van der Waals surface area contributed by atoms with Crippen molar-refractivity contribution in [3.05, 3.63) is 70.9 Å². The molecular weight excluding hydrogens is 440 g/mol. The van der Waals surface area contributed by atoms with Crippen molar-refractivity contribution in [1.82, 2.24) is 14.8 Å². The smallest absolute Gasteiger partial charge is 0.338 e. The van der Waals surface area contributed by atoms with Crippen LogP contribution in [0.25, 0.3) is 0 Å². The lowest BCUT2D eigenvalue weighted by Gasteiger charge is -2.29. The number of thioether (sulfide) groups is 1. The lowest BCUT2D eigenvalue weighted by atomic mass is 9.95. The van der Waals surface area contributed by atoms with Crippen molar-refractivity contribution >= 4 is 23.7 Å². The second-order valence-electron chi connectivity index (χ2n) is 7.33. The number of fused-ring (bicyclic) bond motifs is 1. The van der Waals surface area contributed by atoms with E-state index in [-0.39, 0.29) is 6.61 Å². The highest BCUT2D eigenvalue weighted by atomic mass is 32.2. The molecule has 8 nitrogen and oxygen atoms in total. The number of nitrogens with zero attached hydrogens (tertiary/aromatic N) is 3. The Bertz CT molecular complexity index is 1180. The van der Waals surface area contributed by atoms with Gasteiger partial charge in [0.2, 0.25) is 11.1 Å². The van der Waals surface area contributed by atoms with Crippen LogP contribution in [0.15, 0.2) is 65.0 Å². The Balaban J connectivity index is 1.76. The van der Waals surface area contributed by atoms with E-state index >= 15 is 0 Å². The summed E-state index contributed by atoms with van der Waals surface area (Å²) in [4.78, 5) is 17.7. The maximum atomic E-state index is 13.0. The zero-order chi connectivity index (χ0) is 23.4. The number of rotatable bonds is 8. The minimum Gasteiger partial charge on any atom is -0.497 e. The average molecular weight is 467 g/mol. The molecule has 172 valence electrons. The van der Waals surface area contributed by atoms with E-state index in [9.17, 15) is 4.79 Å². The number of carbonyl (C=O) groups is 1. The van der Waals surface area contributed by atoms with Crippen molar-refractivity contribution in [3.8, 4) is 11.5 Å². The molecule has 4 rings (SSSR count). The van der Waals surface area contributed by atoms with Crippen LogP contribution < -0.4 is 14.8 Å². The number of hydrogen-bond donors (Lipinski definition) is 1. The molecule has 0 saturated heterocycles. The van der Waals surface area contributed by atoms with Crippen LogP contribution in [-0.4, -0.2) is 41.6 Å². The van der Waals surface area contributed by atoms with E-state index in [1.54, 1.807) is 31.9 Å². The standard InChI is InChI=1S/C24H26N4O4S/c1-5-32-22(29)20-15(2)25-23-26-24(33-14-16-9-7-6-8-10-16)27-28(23)21(20)18-12-11-17(30-3)13-19(18)31-4/h6-13,21H,5,14H2,1-4H3,(H,25,26,27)/t21-/m0/s1. The number of benzene rings is 2. The van der Waals surface area contributed by atoms with Crippen LogP contribution in [0, 0.1) is 0 Å². The van der Waals surface area contributed by atoms with Crippen molar-refractivity contribution in [2.24, 2.45) is 0 Å². The number of aromatic nitrogens is 3. The van der Waals surface area contributed by atoms with E-state index in [0.29, 0.717) is 33.9 Å².